The molecule has 2 rings (SSSR count). The number of hydrogen-bond donors (Lipinski definition) is 3. The van der Waals surface area contributed by atoms with Gasteiger partial charge in [-0.15, -0.1) is 10.2 Å². The number of nitrogens with two attached hydrogens (primary N) is 2. The van der Waals surface area contributed by atoms with Crippen molar-refractivity contribution < 1.29 is 14.4 Å². The van der Waals surface area contributed by atoms with Crippen molar-refractivity contribution in [3.05, 3.63) is 47.6 Å². The van der Waals surface area contributed by atoms with Gasteiger partial charge in [0.15, 0.2) is 11.6 Å². The highest BCUT2D eigenvalue weighted by atomic mass is 16.2. The molecule has 2 amide bonds. The normalized spacial score (nSPS) is 12.0. The lowest BCUT2D eigenvalue weighted by atomic mass is 9.89. The largest absolute Gasteiger partial charge is 0.370 e. The zero-order valence-corrected chi connectivity index (χ0v) is 14.3. The number of primary amides is 1. The molecular weight excluding hydrogens is 338 g/mol. The lowest BCUT2D eigenvalue weighted by Crippen LogP contribution is -2.37. The fourth-order valence-corrected chi connectivity index (χ4v) is 2.25. The van der Waals surface area contributed by atoms with E-state index in [1.165, 1.54) is 7.05 Å². The molecule has 0 aliphatic carbocycles. The summed E-state index contributed by atoms with van der Waals surface area (Å²) in [6.45, 7) is 0. The number of amides is 2. The maximum Gasteiger partial charge on any atom is 0.360 e. The van der Waals surface area contributed by atoms with Crippen LogP contribution in [0.1, 0.15) is 24.2 Å². The van der Waals surface area contributed by atoms with Gasteiger partial charge in [0.05, 0.1) is 6.04 Å². The number of carbonyl (C=O) groups is 3. The van der Waals surface area contributed by atoms with Gasteiger partial charge in [-0.05, 0) is 23.6 Å². The topological polar surface area (TPSA) is 159 Å². The Morgan fingerprint density at radius 3 is 2.54 bits per heavy atom. The number of benzene rings is 1. The second-order valence-corrected chi connectivity index (χ2v) is 5.57. The Labute approximate surface area is 149 Å². The first kappa shape index (κ1) is 19.2. The number of rotatable bonds is 8. The fourth-order valence-electron chi connectivity index (χ4n) is 2.25. The van der Waals surface area contributed by atoms with E-state index in [2.05, 4.69) is 20.7 Å². The van der Waals surface area contributed by atoms with Crippen LogP contribution in [0.2, 0.25) is 0 Å². The Balaban J connectivity index is 2.26. The molecule has 10 heteroatoms. The van der Waals surface area contributed by atoms with E-state index in [1.54, 1.807) is 0 Å². The van der Waals surface area contributed by atoms with Crippen LogP contribution in [-0.2, 0) is 16.0 Å². The average Bonchev–Trinajstić information content (AvgIpc) is 3.13. The number of tetrazole rings is 1. The van der Waals surface area contributed by atoms with Crippen LogP contribution >= 0.6 is 0 Å². The molecule has 0 fully saturated rings. The zero-order chi connectivity index (χ0) is 19.1. The van der Waals surface area contributed by atoms with Crippen molar-refractivity contribution >= 4 is 17.7 Å². The molecule has 10 nitrogen and oxygen atoms in total. The SMILES string of the molecule is CNC(=O)n1nnc([C](Cc2ccccc2)C(=O)[C@@H](N)CCC(N)=O)n1. The minimum absolute atomic E-state index is 0.0100. The van der Waals surface area contributed by atoms with Crippen LogP contribution in [0.15, 0.2) is 30.3 Å². The molecule has 0 saturated carbocycles. The number of ketones is 1. The molecule has 26 heavy (non-hydrogen) atoms. The van der Waals surface area contributed by atoms with E-state index in [0.29, 0.717) is 0 Å². The van der Waals surface area contributed by atoms with Crippen LogP contribution in [-0.4, -0.2) is 51.0 Å². The molecule has 0 bridgehead atoms. The van der Waals surface area contributed by atoms with E-state index < -0.39 is 23.8 Å². The van der Waals surface area contributed by atoms with Crippen molar-refractivity contribution in [2.24, 2.45) is 11.5 Å². The third kappa shape index (κ3) is 4.93. The van der Waals surface area contributed by atoms with E-state index in [0.717, 1.165) is 10.4 Å². The molecular formula is C16H20N7O3. The first-order valence-corrected chi connectivity index (χ1v) is 7.92. The predicted octanol–water partition coefficient (Wildman–Crippen LogP) is -0.812. The fraction of sp³-hybridized carbons (Fsp3) is 0.312. The first-order valence-electron chi connectivity index (χ1n) is 7.92. The standard InChI is InChI=1S/C16H20N7O3/c1-19-16(26)23-21-15(20-22-23)11(9-10-5-3-2-4-6-10)14(25)12(17)7-8-13(18)24/h2-6,12H,7-9,17H2,1H3,(H2,18,24)(H,19,26)/t12-/m0/s1. The van der Waals surface area contributed by atoms with Crippen molar-refractivity contribution in [1.82, 2.24) is 25.5 Å². The van der Waals surface area contributed by atoms with E-state index >= 15 is 0 Å². The summed E-state index contributed by atoms with van der Waals surface area (Å²) in [5, 5.41) is 13.7. The molecule has 1 aromatic carbocycles. The van der Waals surface area contributed by atoms with Crippen molar-refractivity contribution in [3.63, 3.8) is 0 Å². The van der Waals surface area contributed by atoms with E-state index in [9.17, 15) is 14.4 Å². The highest BCUT2D eigenvalue weighted by Gasteiger charge is 2.31. The minimum atomic E-state index is -0.937. The van der Waals surface area contributed by atoms with Crippen LogP contribution in [0.4, 0.5) is 4.79 Å². The number of nitrogens with one attached hydrogen (secondary N) is 1. The molecule has 0 aliphatic heterocycles. The van der Waals surface area contributed by atoms with Gasteiger partial charge in [0.2, 0.25) is 5.91 Å². The number of Topliss-reactive ketones (excluding diaryl/α,β-unsaturated/α-hetero) is 1. The maximum absolute atomic E-state index is 12.8. The zero-order valence-electron chi connectivity index (χ0n) is 14.3. The summed E-state index contributed by atoms with van der Waals surface area (Å²) in [5.41, 5.74) is 11.9. The van der Waals surface area contributed by atoms with E-state index in [4.69, 9.17) is 11.5 Å². The van der Waals surface area contributed by atoms with Crippen molar-refractivity contribution in [2.75, 3.05) is 7.05 Å². The lowest BCUT2D eigenvalue weighted by Gasteiger charge is -2.16. The highest BCUT2D eigenvalue weighted by Crippen LogP contribution is 2.20. The van der Waals surface area contributed by atoms with Crippen molar-refractivity contribution in [2.45, 2.75) is 25.3 Å². The summed E-state index contributed by atoms with van der Waals surface area (Å²) in [6, 6.07) is 7.67. The summed E-state index contributed by atoms with van der Waals surface area (Å²) in [5.74, 6) is -0.742. The third-order valence-electron chi connectivity index (χ3n) is 3.64. The second kappa shape index (κ2) is 8.81. The molecule has 1 aromatic heterocycles. The second-order valence-electron chi connectivity index (χ2n) is 5.57. The summed E-state index contributed by atoms with van der Waals surface area (Å²) in [4.78, 5) is 36.1. The van der Waals surface area contributed by atoms with Gasteiger partial charge in [-0.1, -0.05) is 35.1 Å². The molecule has 1 atom stereocenters. The molecule has 1 radical (unpaired) electrons. The van der Waals surface area contributed by atoms with Crippen LogP contribution in [0.3, 0.4) is 0 Å². The van der Waals surface area contributed by atoms with Gasteiger partial charge in [0.1, 0.15) is 5.92 Å². The molecule has 0 unspecified atom stereocenters. The monoisotopic (exact) mass is 358 g/mol. The smallest absolute Gasteiger partial charge is 0.360 e. The minimum Gasteiger partial charge on any atom is -0.370 e. The molecule has 0 saturated heterocycles. The lowest BCUT2D eigenvalue weighted by molar-refractivity contribution is -0.119. The van der Waals surface area contributed by atoms with Gasteiger partial charge in [0.25, 0.3) is 0 Å². The first-order chi connectivity index (χ1) is 12.4. The van der Waals surface area contributed by atoms with Crippen molar-refractivity contribution in [1.29, 1.82) is 0 Å². The van der Waals surface area contributed by atoms with Gasteiger partial charge in [0, 0.05) is 13.5 Å². The molecule has 5 N–H and O–H groups in total. The van der Waals surface area contributed by atoms with Gasteiger partial charge in [-0.2, -0.15) is 0 Å². The number of nitrogens with zero attached hydrogens (tertiary/aromatic N) is 4. The number of hydrogen-bond acceptors (Lipinski definition) is 7. The summed E-state index contributed by atoms with van der Waals surface area (Å²) in [7, 11) is 1.42. The van der Waals surface area contributed by atoms with Crippen LogP contribution < -0.4 is 16.8 Å². The Morgan fingerprint density at radius 2 is 1.92 bits per heavy atom. The van der Waals surface area contributed by atoms with Crippen LogP contribution in [0.25, 0.3) is 0 Å². The molecule has 1 heterocycles. The van der Waals surface area contributed by atoms with Gasteiger partial charge < -0.3 is 16.8 Å². The predicted molar refractivity (Wildman–Crippen MR) is 91.6 cm³/mol. The van der Waals surface area contributed by atoms with Gasteiger partial charge >= 0.3 is 6.03 Å². The Kier molecular flexibility index (Phi) is 6.50. The summed E-state index contributed by atoms with van der Waals surface area (Å²) < 4.78 is 0. The molecule has 137 valence electrons. The average molecular weight is 358 g/mol. The maximum atomic E-state index is 12.8. The number of carbonyl (C=O) groups excluding carboxylic acids is 3. The Bertz CT molecular complexity index is 775. The van der Waals surface area contributed by atoms with E-state index in [-0.39, 0.29) is 31.0 Å². The summed E-state index contributed by atoms with van der Waals surface area (Å²) >= 11 is 0. The van der Waals surface area contributed by atoms with E-state index in [1.807, 2.05) is 30.3 Å². The highest BCUT2D eigenvalue weighted by molar-refractivity contribution is 5.99. The quantitative estimate of drug-likeness (QED) is 0.556. The summed E-state index contributed by atoms with van der Waals surface area (Å²) in [6.07, 6.45) is 0.309. The van der Waals surface area contributed by atoms with Crippen molar-refractivity contribution in [3.8, 4) is 0 Å². The molecule has 0 spiro atoms. The molecule has 2 aromatic rings. The third-order valence-corrected chi connectivity index (χ3v) is 3.64. The number of aromatic nitrogens is 4. The molecule has 0 aliphatic rings. The van der Waals surface area contributed by atoms with Gasteiger partial charge in [-0.25, -0.2) is 4.79 Å². The van der Waals surface area contributed by atoms with Gasteiger partial charge in [-0.3, -0.25) is 9.59 Å². The van der Waals surface area contributed by atoms with Crippen LogP contribution in [0, 0.1) is 5.92 Å². The Hall–Kier alpha value is -3.14. The van der Waals surface area contributed by atoms with Crippen LogP contribution in [0.5, 0.6) is 0 Å². The Morgan fingerprint density at radius 1 is 1.23 bits per heavy atom.